The van der Waals surface area contributed by atoms with Gasteiger partial charge in [0, 0.05) is 17.1 Å². The van der Waals surface area contributed by atoms with E-state index in [2.05, 4.69) is 56.9 Å². The van der Waals surface area contributed by atoms with Gasteiger partial charge in [0.15, 0.2) is 0 Å². The van der Waals surface area contributed by atoms with Crippen LogP contribution >= 0.6 is 12.6 Å². The molecule has 72 valence electrons. The average Bonchev–Trinajstić information content (AvgIpc) is 2.07. The molecule has 1 aromatic carbocycles. The second-order valence-corrected chi connectivity index (χ2v) is 4.19. The molecule has 0 bridgehead atoms. The molecule has 0 aromatic heterocycles. The normalized spacial score (nSPS) is 10.5. The Morgan fingerprint density at radius 3 is 2.69 bits per heavy atom. The van der Waals surface area contributed by atoms with E-state index in [0.717, 1.165) is 17.1 Å². The Kier molecular flexibility index (Phi) is 3.67. The summed E-state index contributed by atoms with van der Waals surface area (Å²) in [5.41, 5.74) is 2.36. The van der Waals surface area contributed by atoms with Gasteiger partial charge in [0.25, 0.3) is 0 Å². The maximum atomic E-state index is 4.45. The van der Waals surface area contributed by atoms with Gasteiger partial charge in [-0.2, -0.15) is 0 Å². The number of rotatable bonds is 3. The summed E-state index contributed by atoms with van der Waals surface area (Å²) in [5, 5.41) is 3.38. The van der Waals surface area contributed by atoms with Crippen LogP contribution in [-0.2, 0) is 0 Å². The minimum absolute atomic E-state index is 0.660. The van der Waals surface area contributed by atoms with Crippen molar-refractivity contribution >= 4 is 18.3 Å². The number of anilines is 1. The van der Waals surface area contributed by atoms with E-state index in [0.29, 0.717) is 5.92 Å². The Morgan fingerprint density at radius 2 is 2.08 bits per heavy atom. The van der Waals surface area contributed by atoms with Crippen LogP contribution in [0, 0.1) is 12.8 Å². The third kappa shape index (κ3) is 2.96. The monoisotopic (exact) mass is 195 g/mol. The van der Waals surface area contributed by atoms with Crippen LogP contribution in [0.5, 0.6) is 0 Å². The molecule has 0 heterocycles. The molecule has 0 spiro atoms. The molecule has 0 saturated carbocycles. The van der Waals surface area contributed by atoms with Crippen LogP contribution < -0.4 is 5.32 Å². The molecule has 0 aliphatic rings. The molecule has 0 amide bonds. The minimum Gasteiger partial charge on any atom is -0.384 e. The van der Waals surface area contributed by atoms with E-state index in [9.17, 15) is 0 Å². The predicted octanol–water partition coefficient (Wildman–Crippen LogP) is 3.35. The molecule has 2 heteroatoms. The fourth-order valence-electron chi connectivity index (χ4n) is 1.12. The lowest BCUT2D eigenvalue weighted by Crippen LogP contribution is -2.08. The number of hydrogen-bond donors (Lipinski definition) is 2. The SMILES string of the molecule is Cc1cccc(NCC(C)C)c1S. The number of aryl methyl sites for hydroxylation is 1. The number of thiol groups is 1. The Hall–Kier alpha value is -0.630. The van der Waals surface area contributed by atoms with E-state index in [1.165, 1.54) is 5.56 Å². The van der Waals surface area contributed by atoms with Crippen LogP contribution in [-0.4, -0.2) is 6.54 Å². The Balaban J connectivity index is 2.71. The van der Waals surface area contributed by atoms with Gasteiger partial charge in [-0.15, -0.1) is 12.6 Å². The summed E-state index contributed by atoms with van der Waals surface area (Å²) in [6, 6.07) is 6.19. The highest BCUT2D eigenvalue weighted by Gasteiger charge is 2.00. The minimum atomic E-state index is 0.660. The molecule has 1 nitrogen and oxygen atoms in total. The zero-order valence-electron chi connectivity index (χ0n) is 8.46. The number of hydrogen-bond acceptors (Lipinski definition) is 2. The smallest absolute Gasteiger partial charge is 0.0478 e. The summed E-state index contributed by atoms with van der Waals surface area (Å²) in [6.45, 7) is 7.46. The van der Waals surface area contributed by atoms with Gasteiger partial charge in [-0.3, -0.25) is 0 Å². The molecular weight excluding hydrogens is 178 g/mol. The van der Waals surface area contributed by atoms with Crippen molar-refractivity contribution in [2.75, 3.05) is 11.9 Å². The van der Waals surface area contributed by atoms with E-state index in [1.54, 1.807) is 0 Å². The van der Waals surface area contributed by atoms with Crippen LogP contribution in [0.25, 0.3) is 0 Å². The van der Waals surface area contributed by atoms with Gasteiger partial charge in [-0.1, -0.05) is 26.0 Å². The Labute approximate surface area is 86.0 Å². The van der Waals surface area contributed by atoms with Crippen molar-refractivity contribution in [3.05, 3.63) is 23.8 Å². The maximum Gasteiger partial charge on any atom is 0.0478 e. The highest BCUT2D eigenvalue weighted by atomic mass is 32.1. The van der Waals surface area contributed by atoms with Crippen LogP contribution in [0.3, 0.4) is 0 Å². The molecule has 0 aliphatic heterocycles. The molecule has 1 N–H and O–H groups in total. The van der Waals surface area contributed by atoms with Crippen LogP contribution in [0.15, 0.2) is 23.1 Å². The molecule has 1 rings (SSSR count). The summed E-state index contributed by atoms with van der Waals surface area (Å²) in [6.07, 6.45) is 0. The van der Waals surface area contributed by atoms with Gasteiger partial charge in [0.05, 0.1) is 0 Å². The highest BCUT2D eigenvalue weighted by Crippen LogP contribution is 2.23. The first-order valence-corrected chi connectivity index (χ1v) is 5.08. The second kappa shape index (κ2) is 4.56. The standard InChI is InChI=1S/C11H17NS/c1-8(2)7-12-10-6-4-5-9(3)11(10)13/h4-6,8,12-13H,7H2,1-3H3. The lowest BCUT2D eigenvalue weighted by molar-refractivity contribution is 0.688. The number of nitrogens with one attached hydrogen (secondary N) is 1. The summed E-state index contributed by atoms with van der Waals surface area (Å²) in [7, 11) is 0. The Bertz CT molecular complexity index is 281. The van der Waals surface area contributed by atoms with E-state index >= 15 is 0 Å². The summed E-state index contributed by atoms with van der Waals surface area (Å²) in [4.78, 5) is 1.06. The van der Waals surface area contributed by atoms with Gasteiger partial charge in [0.1, 0.15) is 0 Å². The van der Waals surface area contributed by atoms with Crippen molar-refractivity contribution in [3.8, 4) is 0 Å². The fourth-order valence-corrected chi connectivity index (χ4v) is 1.34. The van der Waals surface area contributed by atoms with Crippen molar-refractivity contribution in [1.29, 1.82) is 0 Å². The van der Waals surface area contributed by atoms with Gasteiger partial charge >= 0.3 is 0 Å². The molecule has 13 heavy (non-hydrogen) atoms. The molecule has 0 radical (unpaired) electrons. The van der Waals surface area contributed by atoms with E-state index in [4.69, 9.17) is 0 Å². The number of benzene rings is 1. The first kappa shape index (κ1) is 10.5. The quantitative estimate of drug-likeness (QED) is 0.705. The topological polar surface area (TPSA) is 12.0 Å². The summed E-state index contributed by atoms with van der Waals surface area (Å²) < 4.78 is 0. The molecular formula is C11H17NS. The average molecular weight is 195 g/mol. The first-order chi connectivity index (χ1) is 6.11. The van der Waals surface area contributed by atoms with Crippen molar-refractivity contribution in [2.24, 2.45) is 5.92 Å². The largest absolute Gasteiger partial charge is 0.384 e. The second-order valence-electron chi connectivity index (χ2n) is 3.75. The van der Waals surface area contributed by atoms with E-state index in [-0.39, 0.29) is 0 Å². The van der Waals surface area contributed by atoms with Gasteiger partial charge < -0.3 is 5.32 Å². The molecule has 0 unspecified atom stereocenters. The van der Waals surface area contributed by atoms with Crippen molar-refractivity contribution in [2.45, 2.75) is 25.7 Å². The maximum absolute atomic E-state index is 4.45. The molecule has 0 saturated heterocycles. The van der Waals surface area contributed by atoms with Crippen LogP contribution in [0.2, 0.25) is 0 Å². The van der Waals surface area contributed by atoms with Crippen molar-refractivity contribution in [1.82, 2.24) is 0 Å². The molecule has 0 aliphatic carbocycles. The molecule has 0 fully saturated rings. The highest BCUT2D eigenvalue weighted by molar-refractivity contribution is 7.80. The lowest BCUT2D eigenvalue weighted by atomic mass is 10.2. The van der Waals surface area contributed by atoms with Gasteiger partial charge in [0.2, 0.25) is 0 Å². The van der Waals surface area contributed by atoms with E-state index in [1.807, 2.05) is 0 Å². The van der Waals surface area contributed by atoms with Crippen LogP contribution in [0.4, 0.5) is 5.69 Å². The van der Waals surface area contributed by atoms with Crippen molar-refractivity contribution in [3.63, 3.8) is 0 Å². The van der Waals surface area contributed by atoms with Gasteiger partial charge in [-0.25, -0.2) is 0 Å². The van der Waals surface area contributed by atoms with Crippen molar-refractivity contribution < 1.29 is 0 Å². The third-order valence-corrected chi connectivity index (χ3v) is 2.53. The first-order valence-electron chi connectivity index (χ1n) is 4.63. The van der Waals surface area contributed by atoms with E-state index < -0.39 is 0 Å². The van der Waals surface area contributed by atoms with Gasteiger partial charge in [-0.05, 0) is 24.5 Å². The lowest BCUT2D eigenvalue weighted by Gasteiger charge is -2.12. The summed E-state index contributed by atoms with van der Waals surface area (Å²) >= 11 is 4.45. The predicted molar refractivity (Wildman–Crippen MR) is 61.8 cm³/mol. The van der Waals surface area contributed by atoms with Crippen LogP contribution in [0.1, 0.15) is 19.4 Å². The molecule has 1 aromatic rings. The third-order valence-electron chi connectivity index (χ3n) is 1.94. The molecule has 0 atom stereocenters. The summed E-state index contributed by atoms with van der Waals surface area (Å²) in [5.74, 6) is 0.660. The zero-order valence-corrected chi connectivity index (χ0v) is 9.36. The zero-order chi connectivity index (χ0) is 9.84. The Morgan fingerprint density at radius 1 is 1.38 bits per heavy atom. The fraction of sp³-hybridized carbons (Fsp3) is 0.455.